The topological polar surface area (TPSA) is 87.7 Å². The first-order chi connectivity index (χ1) is 16.6. The number of ether oxygens (including phenoxy) is 1. The monoisotopic (exact) mass is 457 g/mol. The second-order valence-corrected chi connectivity index (χ2v) is 8.02. The Hall–Kier alpha value is -3.97. The summed E-state index contributed by atoms with van der Waals surface area (Å²) in [5, 5.41) is 5.72. The zero-order valence-electron chi connectivity index (χ0n) is 18.8. The van der Waals surface area contributed by atoms with Gasteiger partial charge in [-0.3, -0.25) is 14.4 Å². The summed E-state index contributed by atoms with van der Waals surface area (Å²) >= 11 is 0. The van der Waals surface area contributed by atoms with E-state index in [1.54, 1.807) is 53.4 Å². The molecule has 1 saturated heterocycles. The van der Waals surface area contributed by atoms with E-state index in [4.69, 9.17) is 4.74 Å². The van der Waals surface area contributed by atoms with Crippen molar-refractivity contribution in [3.8, 4) is 0 Å². The van der Waals surface area contributed by atoms with Crippen molar-refractivity contribution >= 4 is 23.4 Å². The first-order valence-electron chi connectivity index (χ1n) is 11.3. The Labute approximate surface area is 198 Å². The first kappa shape index (κ1) is 23.2. The molecule has 0 unspecified atom stereocenters. The highest BCUT2D eigenvalue weighted by molar-refractivity contribution is 6.09. The van der Waals surface area contributed by atoms with Gasteiger partial charge in [-0.25, -0.2) is 0 Å². The molecule has 7 nitrogen and oxygen atoms in total. The molecule has 34 heavy (non-hydrogen) atoms. The number of benzene rings is 3. The third-order valence-corrected chi connectivity index (χ3v) is 5.66. The number of nitrogens with zero attached hydrogens (tertiary/aromatic N) is 1. The van der Waals surface area contributed by atoms with E-state index in [0.29, 0.717) is 49.5 Å². The molecule has 0 bridgehead atoms. The smallest absolute Gasteiger partial charge is 0.255 e. The van der Waals surface area contributed by atoms with E-state index in [9.17, 15) is 14.4 Å². The molecule has 0 saturated carbocycles. The average Bonchev–Trinajstić information content (AvgIpc) is 2.89. The molecule has 1 fully saturated rings. The van der Waals surface area contributed by atoms with Gasteiger partial charge in [-0.05, 0) is 29.8 Å². The van der Waals surface area contributed by atoms with E-state index in [0.717, 1.165) is 5.56 Å². The van der Waals surface area contributed by atoms with E-state index in [1.165, 1.54) is 0 Å². The summed E-state index contributed by atoms with van der Waals surface area (Å²) < 4.78 is 5.37. The largest absolute Gasteiger partial charge is 0.378 e. The van der Waals surface area contributed by atoms with Crippen LogP contribution in [0.2, 0.25) is 0 Å². The molecule has 2 N–H and O–H groups in total. The van der Waals surface area contributed by atoms with E-state index >= 15 is 0 Å². The van der Waals surface area contributed by atoms with Gasteiger partial charge in [0.25, 0.3) is 11.8 Å². The van der Waals surface area contributed by atoms with Gasteiger partial charge >= 0.3 is 0 Å². The Bertz CT molecular complexity index is 1130. The van der Waals surface area contributed by atoms with Crippen LogP contribution in [0.1, 0.15) is 26.3 Å². The zero-order valence-corrected chi connectivity index (χ0v) is 18.8. The lowest BCUT2D eigenvalue weighted by molar-refractivity contribution is -0.137. The molecule has 174 valence electrons. The molecule has 1 aliphatic rings. The molecule has 0 radical (unpaired) electrons. The minimum Gasteiger partial charge on any atom is -0.378 e. The van der Waals surface area contributed by atoms with Gasteiger partial charge in [0.2, 0.25) is 5.91 Å². The van der Waals surface area contributed by atoms with Crippen molar-refractivity contribution < 1.29 is 19.1 Å². The predicted molar refractivity (Wildman–Crippen MR) is 130 cm³/mol. The average molecular weight is 458 g/mol. The minimum absolute atomic E-state index is 0.147. The fourth-order valence-electron chi connectivity index (χ4n) is 3.86. The Morgan fingerprint density at radius 2 is 1.41 bits per heavy atom. The Kier molecular flexibility index (Phi) is 7.67. The number of hydrogen-bond acceptors (Lipinski definition) is 4. The minimum atomic E-state index is -0.745. The highest BCUT2D eigenvalue weighted by atomic mass is 16.5. The van der Waals surface area contributed by atoms with E-state index in [1.807, 2.05) is 36.4 Å². The fraction of sp³-hybridized carbons (Fsp3) is 0.222. The van der Waals surface area contributed by atoms with Gasteiger partial charge in [0.1, 0.15) is 6.04 Å². The quantitative estimate of drug-likeness (QED) is 0.571. The van der Waals surface area contributed by atoms with Gasteiger partial charge in [0.05, 0.1) is 24.5 Å². The molecule has 3 aromatic carbocycles. The third-order valence-electron chi connectivity index (χ3n) is 5.66. The summed E-state index contributed by atoms with van der Waals surface area (Å²) in [6.07, 6.45) is 0.362. The van der Waals surface area contributed by atoms with Gasteiger partial charge in [0.15, 0.2) is 0 Å². The first-order valence-corrected chi connectivity index (χ1v) is 11.3. The number of carbonyl (C=O) groups is 3. The number of amides is 3. The van der Waals surface area contributed by atoms with Crippen molar-refractivity contribution in [1.29, 1.82) is 0 Å². The molecule has 0 spiro atoms. The number of nitrogens with one attached hydrogen (secondary N) is 2. The lowest BCUT2D eigenvalue weighted by Crippen LogP contribution is -2.52. The van der Waals surface area contributed by atoms with Gasteiger partial charge < -0.3 is 20.3 Å². The lowest BCUT2D eigenvalue weighted by Gasteiger charge is -2.31. The number of rotatable bonds is 7. The number of para-hydroxylation sites is 1. The normalized spacial score (nSPS) is 14.2. The molecular weight excluding hydrogens is 430 g/mol. The van der Waals surface area contributed by atoms with Crippen LogP contribution in [0.4, 0.5) is 5.69 Å². The molecule has 0 aliphatic carbocycles. The van der Waals surface area contributed by atoms with Crippen LogP contribution in [-0.2, 0) is 16.0 Å². The van der Waals surface area contributed by atoms with Gasteiger partial charge in [-0.2, -0.15) is 0 Å². The SMILES string of the molecule is O=C(Nc1ccccc1C(=O)N[C@@H](Cc1ccccc1)C(=O)N1CCOCC1)c1ccccc1. The van der Waals surface area contributed by atoms with Crippen LogP contribution in [0.5, 0.6) is 0 Å². The van der Waals surface area contributed by atoms with Crippen LogP contribution in [0.25, 0.3) is 0 Å². The molecule has 1 aliphatic heterocycles. The Morgan fingerprint density at radius 1 is 0.794 bits per heavy atom. The summed E-state index contributed by atoms with van der Waals surface area (Å²) in [4.78, 5) is 41.0. The van der Waals surface area contributed by atoms with E-state index in [-0.39, 0.29) is 11.8 Å². The van der Waals surface area contributed by atoms with Crippen LogP contribution >= 0.6 is 0 Å². The summed E-state index contributed by atoms with van der Waals surface area (Å²) in [5.41, 5.74) is 2.10. The van der Waals surface area contributed by atoms with Crippen LogP contribution in [-0.4, -0.2) is 55.0 Å². The van der Waals surface area contributed by atoms with Crippen LogP contribution in [0, 0.1) is 0 Å². The second-order valence-electron chi connectivity index (χ2n) is 8.02. The van der Waals surface area contributed by atoms with Crippen LogP contribution < -0.4 is 10.6 Å². The molecule has 1 atom stereocenters. The number of morpholine rings is 1. The van der Waals surface area contributed by atoms with E-state index in [2.05, 4.69) is 10.6 Å². The maximum absolute atomic E-state index is 13.3. The number of hydrogen-bond donors (Lipinski definition) is 2. The van der Waals surface area contributed by atoms with E-state index < -0.39 is 11.9 Å². The summed E-state index contributed by atoms with van der Waals surface area (Å²) in [6.45, 7) is 1.94. The third kappa shape index (κ3) is 5.88. The molecule has 3 amide bonds. The van der Waals surface area contributed by atoms with Crippen molar-refractivity contribution in [3.63, 3.8) is 0 Å². The molecule has 0 aromatic heterocycles. The van der Waals surface area contributed by atoms with Gasteiger partial charge in [0, 0.05) is 25.1 Å². The molecule has 7 heteroatoms. The second kappa shape index (κ2) is 11.2. The van der Waals surface area contributed by atoms with Crippen molar-refractivity contribution in [2.45, 2.75) is 12.5 Å². The summed E-state index contributed by atoms with van der Waals surface area (Å²) in [5.74, 6) is -0.885. The number of anilines is 1. The molecule has 1 heterocycles. The molecular formula is C27H27N3O4. The van der Waals surface area contributed by atoms with Crippen molar-refractivity contribution in [2.24, 2.45) is 0 Å². The maximum atomic E-state index is 13.3. The van der Waals surface area contributed by atoms with Gasteiger partial charge in [-0.15, -0.1) is 0 Å². The molecule has 3 aromatic rings. The fourth-order valence-corrected chi connectivity index (χ4v) is 3.86. The van der Waals surface area contributed by atoms with Crippen molar-refractivity contribution in [1.82, 2.24) is 10.2 Å². The van der Waals surface area contributed by atoms with Crippen LogP contribution in [0.3, 0.4) is 0 Å². The lowest BCUT2D eigenvalue weighted by atomic mass is 10.0. The van der Waals surface area contributed by atoms with Crippen molar-refractivity contribution in [2.75, 3.05) is 31.6 Å². The summed E-state index contributed by atoms with van der Waals surface area (Å²) in [6, 6.07) is 24.4. The number of carbonyl (C=O) groups excluding carboxylic acids is 3. The zero-order chi connectivity index (χ0) is 23.8. The highest BCUT2D eigenvalue weighted by Gasteiger charge is 2.28. The highest BCUT2D eigenvalue weighted by Crippen LogP contribution is 2.17. The molecule has 4 rings (SSSR count). The predicted octanol–water partition coefficient (Wildman–Crippen LogP) is 3.14. The Morgan fingerprint density at radius 3 is 2.12 bits per heavy atom. The van der Waals surface area contributed by atoms with Crippen molar-refractivity contribution in [3.05, 3.63) is 102 Å². The Balaban J connectivity index is 1.54. The van der Waals surface area contributed by atoms with Crippen LogP contribution in [0.15, 0.2) is 84.9 Å². The van der Waals surface area contributed by atoms with Gasteiger partial charge in [-0.1, -0.05) is 60.7 Å². The summed E-state index contributed by atoms with van der Waals surface area (Å²) in [7, 11) is 0. The maximum Gasteiger partial charge on any atom is 0.255 e. The standard InChI is InChI=1S/C27H27N3O4/c31-25(21-11-5-2-6-12-21)28-23-14-8-7-13-22(23)26(32)29-24(19-20-9-3-1-4-10-20)27(33)30-15-17-34-18-16-30/h1-14,24H,15-19H2,(H,28,31)(H,29,32)/t24-/m0/s1.